The molecular formula is C39H54O11. The van der Waals surface area contributed by atoms with Gasteiger partial charge >= 0.3 is 17.9 Å². The summed E-state index contributed by atoms with van der Waals surface area (Å²) >= 11 is 0. The first-order valence-corrected chi connectivity index (χ1v) is 18.1. The smallest absolute Gasteiger partial charge is 0.348 e. The molecule has 1 aliphatic heterocycles. The monoisotopic (exact) mass is 698 g/mol. The van der Waals surface area contributed by atoms with Gasteiger partial charge in [0, 0.05) is 40.9 Å². The third-order valence-corrected chi connectivity index (χ3v) is 14.0. The number of aliphatic hydroxyl groups excluding tert-OH is 2. The lowest BCUT2D eigenvalue weighted by molar-refractivity contribution is -0.296. The van der Waals surface area contributed by atoms with E-state index in [1.807, 2.05) is 53.7 Å². The predicted octanol–water partition coefficient (Wildman–Crippen LogP) is 4.92. The van der Waals surface area contributed by atoms with Gasteiger partial charge in [-0.1, -0.05) is 68.4 Å². The highest BCUT2D eigenvalue weighted by molar-refractivity contribution is 5.96. The Morgan fingerprint density at radius 1 is 1.02 bits per heavy atom. The van der Waals surface area contributed by atoms with Crippen LogP contribution in [0.3, 0.4) is 0 Å². The summed E-state index contributed by atoms with van der Waals surface area (Å²) in [5.74, 6) is -4.45. The summed E-state index contributed by atoms with van der Waals surface area (Å²) in [5.41, 5.74) is -4.15. The number of rotatable bonds is 9. The van der Waals surface area contributed by atoms with E-state index in [4.69, 9.17) is 23.4 Å². The minimum Gasteiger partial charge on any atom is -0.472 e. The molecule has 1 aromatic heterocycles. The normalized spacial score (nSPS) is 42.7. The van der Waals surface area contributed by atoms with E-state index >= 15 is 0 Å². The molecule has 2 N–H and O–H groups in total. The molecule has 0 aromatic carbocycles. The molecule has 3 saturated carbocycles. The molecule has 0 radical (unpaired) electrons. The van der Waals surface area contributed by atoms with Gasteiger partial charge in [0.15, 0.2) is 11.9 Å². The summed E-state index contributed by atoms with van der Waals surface area (Å²) in [5, 5.41) is 23.9. The molecule has 11 heteroatoms. The Labute approximate surface area is 294 Å². The van der Waals surface area contributed by atoms with Crippen LogP contribution in [0.2, 0.25) is 0 Å². The molecule has 50 heavy (non-hydrogen) atoms. The topological polar surface area (TPSA) is 162 Å². The van der Waals surface area contributed by atoms with Crippen LogP contribution in [-0.4, -0.2) is 76.1 Å². The lowest BCUT2D eigenvalue weighted by atomic mass is 9.35. The molecule has 14 atom stereocenters. The van der Waals surface area contributed by atoms with Crippen LogP contribution in [0.1, 0.15) is 100.0 Å². The van der Waals surface area contributed by atoms with Crippen LogP contribution in [0.5, 0.6) is 0 Å². The highest BCUT2D eigenvalue weighted by Gasteiger charge is 2.91. The van der Waals surface area contributed by atoms with Crippen LogP contribution in [0.15, 0.2) is 35.2 Å². The maximum Gasteiger partial charge on any atom is 0.348 e. The van der Waals surface area contributed by atoms with Crippen molar-refractivity contribution in [2.24, 2.45) is 45.3 Å². The van der Waals surface area contributed by atoms with E-state index in [0.717, 1.165) is 5.56 Å². The largest absolute Gasteiger partial charge is 0.472 e. The van der Waals surface area contributed by atoms with Crippen molar-refractivity contribution in [3.05, 3.63) is 36.3 Å². The van der Waals surface area contributed by atoms with E-state index in [1.54, 1.807) is 39.4 Å². The lowest BCUT2D eigenvalue weighted by Crippen LogP contribution is -2.77. The van der Waals surface area contributed by atoms with E-state index in [1.165, 1.54) is 6.92 Å². The average Bonchev–Trinajstić information content (AvgIpc) is 3.40. The van der Waals surface area contributed by atoms with E-state index in [9.17, 15) is 29.4 Å². The lowest BCUT2D eigenvalue weighted by Gasteiger charge is -2.70. The van der Waals surface area contributed by atoms with Gasteiger partial charge in [-0.25, -0.2) is 9.59 Å². The SMILES string of the molecule is CCC(C)C(OC(C)=O)C(=O)OC1C(O)C2C3(C)C=CC(=O)C(C)(C)C3CC(OC(=O)C(O)C(C)C)C2(C)C23OC2CC(c2ccoc2)C13C. The van der Waals surface area contributed by atoms with E-state index in [0.29, 0.717) is 12.8 Å². The zero-order valence-electron chi connectivity index (χ0n) is 30.9. The highest BCUT2D eigenvalue weighted by atomic mass is 16.6. The number of carbonyl (C=O) groups is 4. The van der Waals surface area contributed by atoms with Gasteiger partial charge in [0.05, 0.1) is 24.7 Å². The third-order valence-electron chi connectivity index (χ3n) is 14.0. The maximum absolute atomic E-state index is 14.2. The molecule has 1 saturated heterocycles. The molecule has 276 valence electrons. The molecule has 14 unspecified atom stereocenters. The average molecular weight is 699 g/mol. The second-order valence-corrected chi connectivity index (χ2v) is 17.2. The first kappa shape index (κ1) is 36.8. The van der Waals surface area contributed by atoms with Crippen molar-refractivity contribution in [2.75, 3.05) is 0 Å². The zero-order chi connectivity index (χ0) is 36.9. The van der Waals surface area contributed by atoms with E-state index in [2.05, 4.69) is 0 Å². The number of ketones is 1. The minimum atomic E-state index is -1.38. The number of aliphatic hydroxyl groups is 2. The molecule has 0 amide bonds. The van der Waals surface area contributed by atoms with Gasteiger partial charge in [0.25, 0.3) is 0 Å². The molecule has 0 bridgehead atoms. The van der Waals surface area contributed by atoms with E-state index in [-0.39, 0.29) is 30.1 Å². The van der Waals surface area contributed by atoms with Gasteiger partial charge in [-0.05, 0) is 54.2 Å². The van der Waals surface area contributed by atoms with E-state index < -0.39 is 93.4 Å². The number of ether oxygens (including phenoxy) is 4. The Bertz CT molecular complexity index is 1560. The van der Waals surface area contributed by atoms with Crippen molar-refractivity contribution in [1.29, 1.82) is 0 Å². The van der Waals surface area contributed by atoms with Crippen LogP contribution in [0.4, 0.5) is 0 Å². The summed E-state index contributed by atoms with van der Waals surface area (Å²) in [7, 11) is 0. The molecule has 1 spiro atoms. The van der Waals surface area contributed by atoms with Gasteiger partial charge < -0.3 is 33.6 Å². The number of hydrogen-bond acceptors (Lipinski definition) is 11. The van der Waals surface area contributed by atoms with Crippen LogP contribution >= 0.6 is 0 Å². The number of hydrogen-bond donors (Lipinski definition) is 2. The van der Waals surface area contributed by atoms with Crippen molar-refractivity contribution in [3.8, 4) is 0 Å². The van der Waals surface area contributed by atoms with Crippen molar-refractivity contribution in [3.63, 3.8) is 0 Å². The standard InChI is InChI=1S/C39H54O11/c1-11-20(4)30(47-21(5)40)34(45)49-32-29(43)31-36(8)14-12-25(41)35(6,7)24(36)17-26(48-33(44)28(42)19(2)3)38(31,10)39-27(50-39)16-23(37(32,39)9)22-13-15-46-18-22/h12-15,18-20,23-24,26-32,42-43H,11,16-17H2,1-10H3. The quantitative estimate of drug-likeness (QED) is 0.205. The highest BCUT2D eigenvalue weighted by Crippen LogP contribution is 2.82. The summed E-state index contributed by atoms with van der Waals surface area (Å²) in [6.07, 6.45) is 1.71. The minimum absolute atomic E-state index is 0.0774. The van der Waals surface area contributed by atoms with Crippen LogP contribution in [-0.2, 0) is 38.1 Å². The van der Waals surface area contributed by atoms with Crippen molar-refractivity contribution in [2.45, 2.75) is 137 Å². The van der Waals surface area contributed by atoms with Crippen molar-refractivity contribution in [1.82, 2.24) is 0 Å². The molecule has 1 aromatic rings. The summed E-state index contributed by atoms with van der Waals surface area (Å²) in [6, 6.07) is 1.86. The van der Waals surface area contributed by atoms with Crippen molar-refractivity contribution < 1.29 is 52.8 Å². The Kier molecular flexibility index (Phi) is 8.84. The molecule has 4 aliphatic carbocycles. The fourth-order valence-electron chi connectivity index (χ4n) is 11.3. The summed E-state index contributed by atoms with van der Waals surface area (Å²) in [4.78, 5) is 53.5. The van der Waals surface area contributed by atoms with Crippen LogP contribution in [0.25, 0.3) is 0 Å². The zero-order valence-corrected chi connectivity index (χ0v) is 30.9. The second-order valence-electron chi connectivity index (χ2n) is 17.2. The summed E-state index contributed by atoms with van der Waals surface area (Å²) < 4.78 is 30.8. The number of esters is 3. The summed E-state index contributed by atoms with van der Waals surface area (Å²) in [6.45, 7) is 18.1. The number of fused-ring (bicyclic) bond motifs is 3. The molecule has 5 aliphatic rings. The van der Waals surface area contributed by atoms with Crippen LogP contribution < -0.4 is 0 Å². The molecular weight excluding hydrogens is 644 g/mol. The first-order chi connectivity index (χ1) is 23.2. The van der Waals surface area contributed by atoms with Gasteiger partial charge in [-0.15, -0.1) is 0 Å². The van der Waals surface area contributed by atoms with Gasteiger partial charge in [0.1, 0.15) is 17.8 Å². The Morgan fingerprint density at radius 2 is 1.70 bits per heavy atom. The van der Waals surface area contributed by atoms with Crippen molar-refractivity contribution >= 4 is 23.7 Å². The van der Waals surface area contributed by atoms with Crippen LogP contribution in [0, 0.1) is 45.3 Å². The predicted molar refractivity (Wildman–Crippen MR) is 179 cm³/mol. The van der Waals surface area contributed by atoms with Gasteiger partial charge in [-0.2, -0.15) is 0 Å². The number of furan rings is 1. The maximum atomic E-state index is 14.2. The van der Waals surface area contributed by atoms with Gasteiger partial charge in [-0.3, -0.25) is 9.59 Å². The van der Waals surface area contributed by atoms with Gasteiger partial charge in [0.2, 0.25) is 6.10 Å². The number of allylic oxidation sites excluding steroid dienone is 2. The molecule has 6 rings (SSSR count). The second kappa shape index (κ2) is 12.0. The first-order valence-electron chi connectivity index (χ1n) is 18.1. The third kappa shape index (κ3) is 4.78. The number of carbonyl (C=O) groups excluding carboxylic acids is 4. The Morgan fingerprint density at radius 3 is 2.28 bits per heavy atom. The molecule has 4 fully saturated rings. The Hall–Kier alpha value is -3.02. The fourth-order valence-corrected chi connectivity index (χ4v) is 11.3. The number of epoxide rings is 1. The molecule has 2 heterocycles. The fraction of sp³-hybridized carbons (Fsp3) is 0.744. The Balaban J connectivity index is 1.56. The molecule has 11 nitrogen and oxygen atoms in total.